The van der Waals surface area contributed by atoms with Crippen LogP contribution in [0.3, 0.4) is 0 Å². The van der Waals surface area contributed by atoms with Gasteiger partial charge in [-0.25, -0.2) is 4.42 Å². The van der Waals surface area contributed by atoms with Crippen LogP contribution in [0.25, 0.3) is 0 Å². The third-order valence-corrected chi connectivity index (χ3v) is 2.75. The molecule has 0 saturated heterocycles. The topological polar surface area (TPSA) is 11.3 Å². The fourth-order valence-electron chi connectivity index (χ4n) is 2.04. The zero-order valence-electron chi connectivity index (χ0n) is 7.33. The monoisotopic (exact) mass is 163 g/mol. The molecule has 1 aliphatic rings. The molecule has 1 saturated carbocycles. The number of rotatable bonds is 1. The lowest BCUT2D eigenvalue weighted by molar-refractivity contribution is 0.439. The van der Waals surface area contributed by atoms with Crippen molar-refractivity contribution in [2.75, 3.05) is 0 Å². The fraction of sp³-hybridized carbons (Fsp3) is 0.545. The summed E-state index contributed by atoms with van der Waals surface area (Å²) in [7, 11) is 0. The molecule has 1 heterocycles. The lowest BCUT2D eigenvalue weighted by Gasteiger charge is -2.20. The zero-order valence-corrected chi connectivity index (χ0v) is 7.33. The van der Waals surface area contributed by atoms with Gasteiger partial charge in [0.1, 0.15) is 0 Å². The van der Waals surface area contributed by atoms with Crippen molar-refractivity contribution >= 4 is 0 Å². The minimum absolute atomic E-state index is 0.801. The average molecular weight is 163 g/mol. The van der Waals surface area contributed by atoms with E-state index in [2.05, 4.69) is 12.1 Å². The standard InChI is InChI=1S/C11H15O/c1-2-4-10(5-3-1)11-6-8-12-9-7-11/h6-10H,1-5H2/q+1. The van der Waals surface area contributed by atoms with Gasteiger partial charge >= 0.3 is 12.5 Å². The molecule has 12 heavy (non-hydrogen) atoms. The van der Waals surface area contributed by atoms with E-state index < -0.39 is 0 Å². The highest BCUT2D eigenvalue weighted by Gasteiger charge is 2.15. The van der Waals surface area contributed by atoms with Crippen molar-refractivity contribution in [2.45, 2.75) is 38.0 Å². The lowest BCUT2D eigenvalue weighted by Crippen LogP contribution is -2.03. The van der Waals surface area contributed by atoms with Crippen LogP contribution in [0.1, 0.15) is 43.6 Å². The van der Waals surface area contributed by atoms with Crippen molar-refractivity contribution in [1.82, 2.24) is 0 Å². The first-order chi connectivity index (χ1) is 5.97. The molecule has 1 aliphatic carbocycles. The van der Waals surface area contributed by atoms with Gasteiger partial charge in [0, 0.05) is 12.1 Å². The second-order valence-corrected chi connectivity index (χ2v) is 3.58. The van der Waals surface area contributed by atoms with E-state index in [1.165, 1.54) is 37.7 Å². The molecule has 0 aromatic carbocycles. The first-order valence-electron chi connectivity index (χ1n) is 4.82. The summed E-state index contributed by atoms with van der Waals surface area (Å²) in [6.45, 7) is 0. The molecule has 64 valence electrons. The molecule has 0 atom stereocenters. The summed E-state index contributed by atoms with van der Waals surface area (Å²) in [5, 5.41) is 0. The van der Waals surface area contributed by atoms with Crippen molar-refractivity contribution in [3.63, 3.8) is 0 Å². The highest BCUT2D eigenvalue weighted by molar-refractivity contribution is 5.14. The molecule has 1 aromatic rings. The van der Waals surface area contributed by atoms with E-state index in [1.807, 2.05) is 0 Å². The Hall–Kier alpha value is -0.850. The van der Waals surface area contributed by atoms with Crippen molar-refractivity contribution in [3.05, 3.63) is 30.2 Å². The van der Waals surface area contributed by atoms with Gasteiger partial charge in [0.15, 0.2) is 0 Å². The van der Waals surface area contributed by atoms with Gasteiger partial charge in [-0.3, -0.25) is 0 Å². The first-order valence-corrected chi connectivity index (χ1v) is 4.82. The Bertz CT molecular complexity index is 224. The van der Waals surface area contributed by atoms with Crippen LogP contribution in [0.15, 0.2) is 29.1 Å². The minimum atomic E-state index is 0.801. The van der Waals surface area contributed by atoms with E-state index in [9.17, 15) is 0 Å². The van der Waals surface area contributed by atoms with E-state index in [1.54, 1.807) is 12.5 Å². The van der Waals surface area contributed by atoms with E-state index in [0.717, 1.165) is 5.92 Å². The molecule has 0 aliphatic heterocycles. The molecule has 0 spiro atoms. The minimum Gasteiger partial charge on any atom is -0.224 e. The van der Waals surface area contributed by atoms with Gasteiger partial charge in [0.2, 0.25) is 0 Å². The van der Waals surface area contributed by atoms with Crippen LogP contribution >= 0.6 is 0 Å². The third kappa shape index (κ3) is 1.66. The molecule has 1 heteroatoms. The Morgan fingerprint density at radius 2 is 1.67 bits per heavy atom. The van der Waals surface area contributed by atoms with Gasteiger partial charge in [-0.2, -0.15) is 0 Å². The Kier molecular flexibility index (Phi) is 2.40. The largest absolute Gasteiger partial charge is 0.318 e. The highest BCUT2D eigenvalue weighted by Crippen LogP contribution is 2.31. The normalized spacial score (nSPS) is 19.3. The van der Waals surface area contributed by atoms with Gasteiger partial charge in [-0.1, -0.05) is 19.3 Å². The molecule has 1 aromatic heterocycles. The maximum absolute atomic E-state index is 5.01. The summed E-state index contributed by atoms with van der Waals surface area (Å²) in [4.78, 5) is 0. The summed E-state index contributed by atoms with van der Waals surface area (Å²) in [6.07, 6.45) is 10.5. The van der Waals surface area contributed by atoms with Gasteiger partial charge in [-0.05, 0) is 24.3 Å². The molecule has 0 radical (unpaired) electrons. The van der Waals surface area contributed by atoms with Gasteiger partial charge in [0.05, 0.1) is 0 Å². The summed E-state index contributed by atoms with van der Waals surface area (Å²) >= 11 is 0. The van der Waals surface area contributed by atoms with Crippen LogP contribution in [-0.2, 0) is 0 Å². The molecule has 0 bridgehead atoms. The molecular weight excluding hydrogens is 148 g/mol. The zero-order chi connectivity index (χ0) is 8.23. The predicted molar refractivity (Wildman–Crippen MR) is 48.9 cm³/mol. The number of hydrogen-bond acceptors (Lipinski definition) is 0. The maximum Gasteiger partial charge on any atom is 0.318 e. The van der Waals surface area contributed by atoms with Gasteiger partial charge < -0.3 is 0 Å². The van der Waals surface area contributed by atoms with Crippen molar-refractivity contribution in [2.24, 2.45) is 0 Å². The van der Waals surface area contributed by atoms with Gasteiger partial charge in [-0.15, -0.1) is 0 Å². The average Bonchev–Trinajstić information content (AvgIpc) is 2.21. The highest BCUT2D eigenvalue weighted by atomic mass is 16.3. The Morgan fingerprint density at radius 1 is 1.00 bits per heavy atom. The van der Waals surface area contributed by atoms with E-state index in [0.29, 0.717) is 0 Å². The van der Waals surface area contributed by atoms with Crippen LogP contribution in [-0.4, -0.2) is 0 Å². The molecular formula is C11H15O+. The van der Waals surface area contributed by atoms with E-state index in [-0.39, 0.29) is 0 Å². The molecule has 0 N–H and O–H groups in total. The van der Waals surface area contributed by atoms with Crippen LogP contribution in [0, 0.1) is 0 Å². The first kappa shape index (κ1) is 7.78. The van der Waals surface area contributed by atoms with Crippen molar-refractivity contribution in [1.29, 1.82) is 0 Å². The van der Waals surface area contributed by atoms with Crippen LogP contribution < -0.4 is 0 Å². The smallest absolute Gasteiger partial charge is 0.224 e. The summed E-state index contributed by atoms with van der Waals surface area (Å²) in [6, 6.07) is 4.21. The summed E-state index contributed by atoms with van der Waals surface area (Å²) < 4.78 is 5.01. The maximum atomic E-state index is 5.01. The fourth-order valence-corrected chi connectivity index (χ4v) is 2.04. The number of hydrogen-bond donors (Lipinski definition) is 0. The second-order valence-electron chi connectivity index (χ2n) is 3.58. The quantitative estimate of drug-likeness (QED) is 0.575. The van der Waals surface area contributed by atoms with Gasteiger partial charge in [0.25, 0.3) is 0 Å². The lowest BCUT2D eigenvalue weighted by atomic mass is 9.85. The Morgan fingerprint density at radius 3 is 2.33 bits per heavy atom. The van der Waals surface area contributed by atoms with Crippen LogP contribution in [0.5, 0.6) is 0 Å². The predicted octanol–water partition coefficient (Wildman–Crippen LogP) is 3.61. The Balaban J connectivity index is 2.08. The van der Waals surface area contributed by atoms with E-state index in [4.69, 9.17) is 4.42 Å². The summed E-state index contributed by atoms with van der Waals surface area (Å²) in [5.41, 5.74) is 1.46. The molecule has 0 unspecified atom stereocenters. The van der Waals surface area contributed by atoms with Crippen LogP contribution in [0.2, 0.25) is 0 Å². The molecule has 0 amide bonds. The summed E-state index contributed by atoms with van der Waals surface area (Å²) in [5.74, 6) is 0.801. The van der Waals surface area contributed by atoms with Crippen molar-refractivity contribution < 1.29 is 4.42 Å². The van der Waals surface area contributed by atoms with Crippen molar-refractivity contribution in [3.8, 4) is 0 Å². The van der Waals surface area contributed by atoms with Crippen LogP contribution in [0.4, 0.5) is 0 Å². The molecule has 2 rings (SSSR count). The molecule has 1 fully saturated rings. The van der Waals surface area contributed by atoms with E-state index >= 15 is 0 Å². The Labute approximate surface area is 73.4 Å². The second kappa shape index (κ2) is 3.70. The third-order valence-electron chi connectivity index (χ3n) is 2.75. The molecule has 1 nitrogen and oxygen atoms in total. The SMILES string of the molecule is c1cc(C2CCCCC2)cc[o+]1.